The van der Waals surface area contributed by atoms with Crippen LogP contribution in [0, 0.1) is 0 Å². The van der Waals surface area contributed by atoms with Crippen LogP contribution in [-0.2, 0) is 0 Å². The van der Waals surface area contributed by atoms with Gasteiger partial charge in [0.1, 0.15) is 0 Å². The van der Waals surface area contributed by atoms with E-state index < -0.39 is 0 Å². The van der Waals surface area contributed by atoms with Crippen LogP contribution in [0.15, 0.2) is 67.3 Å². The lowest BCUT2D eigenvalue weighted by atomic mass is 10.1. The molecule has 26 heavy (non-hydrogen) atoms. The molecule has 3 aromatic heterocycles. The number of hydrogen-bond acceptors (Lipinski definition) is 4. The molecule has 126 valence electrons. The van der Waals surface area contributed by atoms with E-state index in [1.165, 1.54) is 6.20 Å². The molecule has 0 spiro atoms. The zero-order chi connectivity index (χ0) is 17.8. The van der Waals surface area contributed by atoms with Crippen molar-refractivity contribution in [3.8, 4) is 0 Å². The zero-order valence-corrected chi connectivity index (χ0v) is 13.8. The molecule has 0 aliphatic carbocycles. The lowest BCUT2D eigenvalue weighted by molar-refractivity contribution is 0.102. The summed E-state index contributed by atoms with van der Waals surface area (Å²) < 4.78 is 0. The van der Waals surface area contributed by atoms with Crippen LogP contribution in [0.5, 0.6) is 0 Å². The van der Waals surface area contributed by atoms with Crippen molar-refractivity contribution in [3.05, 3.63) is 84.1 Å². The van der Waals surface area contributed by atoms with Crippen LogP contribution >= 0.6 is 0 Å². The summed E-state index contributed by atoms with van der Waals surface area (Å²) in [6.45, 7) is 0. The highest BCUT2D eigenvalue weighted by Crippen LogP contribution is 2.22. The Labute approximate surface area is 149 Å². The quantitative estimate of drug-likeness (QED) is 0.592. The summed E-state index contributed by atoms with van der Waals surface area (Å²) in [5.41, 5.74) is 3.89. The van der Waals surface area contributed by atoms with Gasteiger partial charge in [-0.05, 0) is 48.0 Å². The molecule has 0 atom stereocenters. The van der Waals surface area contributed by atoms with Gasteiger partial charge in [-0.15, -0.1) is 0 Å². The Morgan fingerprint density at radius 3 is 2.62 bits per heavy atom. The van der Waals surface area contributed by atoms with Crippen molar-refractivity contribution in [1.29, 1.82) is 0 Å². The Kier molecular flexibility index (Phi) is 4.22. The van der Waals surface area contributed by atoms with Crippen molar-refractivity contribution >= 4 is 34.6 Å². The summed E-state index contributed by atoms with van der Waals surface area (Å²) in [4.78, 5) is 20.3. The number of nitrogens with zero attached hydrogens (tertiary/aromatic N) is 3. The van der Waals surface area contributed by atoms with E-state index in [-0.39, 0.29) is 5.91 Å². The number of carbonyl (C=O) groups is 1. The van der Waals surface area contributed by atoms with Crippen molar-refractivity contribution in [2.75, 3.05) is 5.32 Å². The smallest absolute Gasteiger partial charge is 0.257 e. The van der Waals surface area contributed by atoms with E-state index in [9.17, 15) is 4.79 Å². The number of fused-ring (bicyclic) bond motifs is 1. The van der Waals surface area contributed by atoms with Crippen molar-refractivity contribution < 1.29 is 4.79 Å². The van der Waals surface area contributed by atoms with E-state index >= 15 is 0 Å². The van der Waals surface area contributed by atoms with E-state index in [1.807, 2.05) is 42.5 Å². The highest BCUT2D eigenvalue weighted by molar-refractivity contribution is 6.05. The first-order chi connectivity index (χ1) is 12.8. The maximum atomic E-state index is 12.3. The Morgan fingerprint density at radius 2 is 1.85 bits per heavy atom. The molecule has 4 rings (SSSR count). The summed E-state index contributed by atoms with van der Waals surface area (Å²) >= 11 is 0. The molecule has 0 aliphatic heterocycles. The molecule has 0 aliphatic rings. The van der Waals surface area contributed by atoms with Gasteiger partial charge in [0.2, 0.25) is 0 Å². The molecule has 6 nitrogen and oxygen atoms in total. The van der Waals surface area contributed by atoms with Crippen LogP contribution in [0.3, 0.4) is 0 Å². The first-order valence-corrected chi connectivity index (χ1v) is 8.07. The van der Waals surface area contributed by atoms with Crippen LogP contribution in [-0.4, -0.2) is 26.1 Å². The van der Waals surface area contributed by atoms with Crippen molar-refractivity contribution in [2.45, 2.75) is 0 Å². The van der Waals surface area contributed by atoms with Gasteiger partial charge in [-0.3, -0.25) is 19.9 Å². The fourth-order valence-electron chi connectivity index (χ4n) is 2.59. The second kappa shape index (κ2) is 6.98. The molecule has 3 heterocycles. The fourth-order valence-corrected chi connectivity index (χ4v) is 2.59. The molecule has 2 N–H and O–H groups in total. The molecule has 0 radical (unpaired) electrons. The van der Waals surface area contributed by atoms with Crippen LogP contribution in [0.2, 0.25) is 0 Å². The van der Waals surface area contributed by atoms with Gasteiger partial charge in [-0.1, -0.05) is 12.1 Å². The third-order valence-corrected chi connectivity index (χ3v) is 3.89. The number of amides is 1. The Balaban J connectivity index is 1.60. The predicted molar refractivity (Wildman–Crippen MR) is 101 cm³/mol. The molecule has 6 heteroatoms. The average molecular weight is 341 g/mol. The van der Waals surface area contributed by atoms with Gasteiger partial charge in [-0.25, -0.2) is 0 Å². The van der Waals surface area contributed by atoms with Gasteiger partial charge in [0.15, 0.2) is 0 Å². The molecule has 0 unspecified atom stereocenters. The first kappa shape index (κ1) is 15.7. The molecule has 0 saturated heterocycles. The minimum absolute atomic E-state index is 0.201. The van der Waals surface area contributed by atoms with E-state index in [1.54, 1.807) is 30.7 Å². The number of nitrogens with one attached hydrogen (secondary N) is 2. The number of H-pyrrole nitrogens is 1. The Hall–Kier alpha value is -3.80. The third-order valence-electron chi connectivity index (χ3n) is 3.89. The summed E-state index contributed by atoms with van der Waals surface area (Å²) in [6, 6.07) is 12.9. The van der Waals surface area contributed by atoms with Crippen molar-refractivity contribution in [3.63, 3.8) is 0 Å². The maximum absolute atomic E-state index is 12.3. The summed E-state index contributed by atoms with van der Waals surface area (Å²) in [6.07, 6.45) is 10.6. The molecule has 0 fully saturated rings. The summed E-state index contributed by atoms with van der Waals surface area (Å²) in [5, 5.41) is 11.1. The van der Waals surface area contributed by atoms with Crippen LogP contribution in [0.1, 0.15) is 21.6 Å². The molecule has 0 saturated carbocycles. The van der Waals surface area contributed by atoms with Crippen molar-refractivity contribution in [1.82, 2.24) is 20.2 Å². The molecule has 1 aromatic carbocycles. The normalized spacial score (nSPS) is 11.1. The number of hydrogen-bond donors (Lipinski definition) is 2. The average Bonchev–Trinajstić information content (AvgIpc) is 3.10. The SMILES string of the molecule is O=C(Nc1ccc2[nH]nc(C=Cc3cccnc3)c2c1)c1cccnc1. The fraction of sp³-hybridized carbons (Fsp3) is 0. The summed E-state index contributed by atoms with van der Waals surface area (Å²) in [7, 11) is 0. The summed E-state index contributed by atoms with van der Waals surface area (Å²) in [5.74, 6) is -0.201. The number of pyridine rings is 2. The molecule has 0 bridgehead atoms. The molecule has 4 aromatic rings. The number of benzene rings is 1. The number of rotatable bonds is 4. The van der Waals surface area contributed by atoms with E-state index in [2.05, 4.69) is 25.5 Å². The van der Waals surface area contributed by atoms with Crippen LogP contribution in [0.25, 0.3) is 23.1 Å². The number of aromatic amines is 1. The second-order valence-corrected chi connectivity index (χ2v) is 5.68. The van der Waals surface area contributed by atoms with Gasteiger partial charge < -0.3 is 5.32 Å². The molecular formula is C20H15N5O. The largest absolute Gasteiger partial charge is 0.322 e. The highest BCUT2D eigenvalue weighted by atomic mass is 16.1. The van der Waals surface area contributed by atoms with Gasteiger partial charge in [-0.2, -0.15) is 5.10 Å². The van der Waals surface area contributed by atoms with E-state index in [0.717, 1.165) is 22.2 Å². The van der Waals surface area contributed by atoms with Crippen molar-refractivity contribution in [2.24, 2.45) is 0 Å². The van der Waals surface area contributed by atoms with Gasteiger partial charge in [0, 0.05) is 35.9 Å². The highest BCUT2D eigenvalue weighted by Gasteiger charge is 2.08. The third kappa shape index (κ3) is 3.34. The first-order valence-electron chi connectivity index (χ1n) is 8.07. The molecular weight excluding hydrogens is 326 g/mol. The minimum Gasteiger partial charge on any atom is -0.322 e. The van der Waals surface area contributed by atoms with E-state index in [4.69, 9.17) is 0 Å². The van der Waals surface area contributed by atoms with Crippen LogP contribution in [0.4, 0.5) is 5.69 Å². The predicted octanol–water partition coefficient (Wildman–Crippen LogP) is 3.78. The van der Waals surface area contributed by atoms with Gasteiger partial charge >= 0.3 is 0 Å². The number of anilines is 1. The van der Waals surface area contributed by atoms with Gasteiger partial charge in [0.05, 0.1) is 16.8 Å². The Bertz CT molecular complexity index is 1070. The zero-order valence-electron chi connectivity index (χ0n) is 13.8. The monoisotopic (exact) mass is 341 g/mol. The van der Waals surface area contributed by atoms with E-state index in [0.29, 0.717) is 11.3 Å². The lowest BCUT2D eigenvalue weighted by Crippen LogP contribution is -2.11. The maximum Gasteiger partial charge on any atom is 0.257 e. The van der Waals surface area contributed by atoms with Gasteiger partial charge in [0.25, 0.3) is 5.91 Å². The standard InChI is InChI=1S/C20H15N5O/c26-20(15-4-2-10-22-13-15)23-16-6-8-19-17(11-16)18(24-25-19)7-5-14-3-1-9-21-12-14/h1-13H,(H,23,26)(H,24,25). The topological polar surface area (TPSA) is 83.6 Å². The minimum atomic E-state index is -0.201. The second-order valence-electron chi connectivity index (χ2n) is 5.68. The number of carbonyl (C=O) groups excluding carboxylic acids is 1. The Morgan fingerprint density at radius 1 is 1.00 bits per heavy atom. The molecule has 1 amide bonds. The number of aromatic nitrogens is 4. The van der Waals surface area contributed by atoms with Crippen LogP contribution < -0.4 is 5.32 Å². The lowest BCUT2D eigenvalue weighted by Gasteiger charge is -2.05.